The second kappa shape index (κ2) is 4.63. The molecule has 1 fully saturated rings. The first-order valence-electron chi connectivity index (χ1n) is 6.14. The van der Waals surface area contributed by atoms with Gasteiger partial charge in [-0.3, -0.25) is 4.90 Å². The molecule has 0 aromatic carbocycles. The Bertz CT molecular complexity index is 372. The van der Waals surface area contributed by atoms with E-state index >= 15 is 0 Å². The van der Waals surface area contributed by atoms with Gasteiger partial charge in [-0.05, 0) is 32.5 Å². The smallest absolute Gasteiger partial charge is 0.128 e. The molecule has 0 radical (unpaired) electrons. The lowest BCUT2D eigenvalue weighted by Gasteiger charge is -2.45. The van der Waals surface area contributed by atoms with Crippen LogP contribution in [0.15, 0.2) is 18.3 Å². The van der Waals surface area contributed by atoms with Gasteiger partial charge >= 0.3 is 0 Å². The Morgan fingerprint density at radius 3 is 2.65 bits per heavy atom. The second-order valence-corrected chi connectivity index (χ2v) is 5.38. The highest BCUT2D eigenvalue weighted by molar-refractivity contribution is 5.40. The number of pyridine rings is 1. The predicted octanol–water partition coefficient (Wildman–Crippen LogP) is 1.07. The van der Waals surface area contributed by atoms with Crippen LogP contribution in [0, 0.1) is 0 Å². The van der Waals surface area contributed by atoms with Crippen LogP contribution in [0.1, 0.15) is 19.4 Å². The van der Waals surface area contributed by atoms with Crippen LogP contribution in [0.5, 0.6) is 0 Å². The van der Waals surface area contributed by atoms with Crippen LogP contribution < -0.4 is 10.6 Å². The monoisotopic (exact) mass is 234 g/mol. The molecule has 0 aliphatic carbocycles. The van der Waals surface area contributed by atoms with Crippen molar-refractivity contribution in [1.82, 2.24) is 9.88 Å². The first kappa shape index (κ1) is 12.3. The molecule has 1 aliphatic rings. The average molecular weight is 234 g/mol. The van der Waals surface area contributed by atoms with E-state index in [1.807, 2.05) is 6.20 Å². The number of hydrogen-bond acceptors (Lipinski definition) is 4. The molecule has 94 valence electrons. The molecular weight excluding hydrogens is 212 g/mol. The van der Waals surface area contributed by atoms with Gasteiger partial charge in [0.15, 0.2) is 0 Å². The van der Waals surface area contributed by atoms with Gasteiger partial charge in [0.1, 0.15) is 5.82 Å². The highest BCUT2D eigenvalue weighted by Crippen LogP contribution is 2.22. The summed E-state index contributed by atoms with van der Waals surface area (Å²) >= 11 is 0. The second-order valence-electron chi connectivity index (χ2n) is 5.38. The number of rotatable bonds is 2. The Kier molecular flexibility index (Phi) is 3.35. The van der Waals surface area contributed by atoms with Crippen molar-refractivity contribution in [3.8, 4) is 0 Å². The van der Waals surface area contributed by atoms with E-state index in [2.05, 4.69) is 47.8 Å². The van der Waals surface area contributed by atoms with Crippen LogP contribution in [-0.2, 0) is 6.54 Å². The number of piperazine rings is 1. The molecule has 17 heavy (non-hydrogen) atoms. The van der Waals surface area contributed by atoms with Gasteiger partial charge in [-0.1, -0.05) is 6.07 Å². The first-order chi connectivity index (χ1) is 8.03. The SMILES string of the molecule is CN1CCN(c2ccc(CN)cn2)CC1(C)C. The van der Waals surface area contributed by atoms with E-state index in [9.17, 15) is 0 Å². The minimum absolute atomic E-state index is 0.201. The Morgan fingerprint density at radius 1 is 1.35 bits per heavy atom. The third-order valence-electron chi connectivity index (χ3n) is 3.69. The van der Waals surface area contributed by atoms with E-state index in [1.54, 1.807) is 0 Å². The third kappa shape index (κ3) is 2.58. The number of likely N-dealkylation sites (N-methyl/N-ethyl adjacent to an activating group) is 1. The standard InChI is InChI=1S/C13H22N4/c1-13(2)10-17(7-6-16(13)3)12-5-4-11(8-14)9-15-12/h4-5,9H,6-8,10,14H2,1-3H3. The Hall–Kier alpha value is -1.13. The maximum absolute atomic E-state index is 5.58. The maximum Gasteiger partial charge on any atom is 0.128 e. The molecule has 0 unspecified atom stereocenters. The number of hydrogen-bond donors (Lipinski definition) is 1. The summed E-state index contributed by atoms with van der Waals surface area (Å²) in [7, 11) is 2.18. The van der Waals surface area contributed by atoms with Gasteiger partial charge in [0.25, 0.3) is 0 Å². The summed E-state index contributed by atoms with van der Waals surface area (Å²) < 4.78 is 0. The van der Waals surface area contributed by atoms with Gasteiger partial charge < -0.3 is 10.6 Å². The maximum atomic E-state index is 5.58. The van der Waals surface area contributed by atoms with Gasteiger partial charge in [-0.15, -0.1) is 0 Å². The summed E-state index contributed by atoms with van der Waals surface area (Å²) in [6.45, 7) is 8.23. The molecular formula is C13H22N4. The van der Waals surface area contributed by atoms with Crippen LogP contribution in [-0.4, -0.2) is 42.1 Å². The predicted molar refractivity (Wildman–Crippen MR) is 71.1 cm³/mol. The Labute approximate surface area is 103 Å². The van der Waals surface area contributed by atoms with Crippen molar-refractivity contribution >= 4 is 5.82 Å². The van der Waals surface area contributed by atoms with Gasteiger partial charge in [0.2, 0.25) is 0 Å². The normalized spacial score (nSPS) is 20.6. The molecule has 0 spiro atoms. The summed E-state index contributed by atoms with van der Waals surface area (Å²) in [6, 6.07) is 4.14. The van der Waals surface area contributed by atoms with Crippen LogP contribution in [0.3, 0.4) is 0 Å². The van der Waals surface area contributed by atoms with Crippen LogP contribution in [0.2, 0.25) is 0 Å². The van der Waals surface area contributed by atoms with Crippen molar-refractivity contribution in [1.29, 1.82) is 0 Å². The third-order valence-corrected chi connectivity index (χ3v) is 3.69. The number of nitrogens with zero attached hydrogens (tertiary/aromatic N) is 3. The molecule has 2 heterocycles. The summed E-state index contributed by atoms with van der Waals surface area (Å²) in [5.41, 5.74) is 6.87. The van der Waals surface area contributed by atoms with Crippen molar-refractivity contribution in [2.45, 2.75) is 25.9 Å². The largest absolute Gasteiger partial charge is 0.354 e. The zero-order valence-electron chi connectivity index (χ0n) is 11.0. The van der Waals surface area contributed by atoms with E-state index in [0.717, 1.165) is 31.0 Å². The lowest BCUT2D eigenvalue weighted by molar-refractivity contribution is 0.138. The number of nitrogens with two attached hydrogens (primary N) is 1. The number of aromatic nitrogens is 1. The molecule has 4 heteroatoms. The Morgan fingerprint density at radius 2 is 2.12 bits per heavy atom. The molecule has 4 nitrogen and oxygen atoms in total. The average Bonchev–Trinajstić information content (AvgIpc) is 2.33. The Balaban J connectivity index is 2.12. The highest BCUT2D eigenvalue weighted by atomic mass is 15.3. The molecule has 1 aromatic rings. The fourth-order valence-corrected chi connectivity index (χ4v) is 2.16. The van der Waals surface area contributed by atoms with E-state index < -0.39 is 0 Å². The van der Waals surface area contributed by atoms with Crippen molar-refractivity contribution < 1.29 is 0 Å². The molecule has 1 aliphatic heterocycles. The molecule has 0 amide bonds. The lowest BCUT2D eigenvalue weighted by Crippen LogP contribution is -2.57. The topological polar surface area (TPSA) is 45.4 Å². The van der Waals surface area contributed by atoms with Crippen LogP contribution in [0.4, 0.5) is 5.82 Å². The lowest BCUT2D eigenvalue weighted by atomic mass is 10.00. The van der Waals surface area contributed by atoms with E-state index in [0.29, 0.717) is 6.54 Å². The summed E-state index contributed by atoms with van der Waals surface area (Å²) in [6.07, 6.45) is 1.88. The van der Waals surface area contributed by atoms with E-state index in [4.69, 9.17) is 5.73 Å². The minimum Gasteiger partial charge on any atom is -0.354 e. The quantitative estimate of drug-likeness (QED) is 0.831. The molecule has 0 bridgehead atoms. The fourth-order valence-electron chi connectivity index (χ4n) is 2.16. The first-order valence-corrected chi connectivity index (χ1v) is 6.14. The van der Waals surface area contributed by atoms with Gasteiger partial charge in [0.05, 0.1) is 0 Å². The van der Waals surface area contributed by atoms with Crippen molar-refractivity contribution in [2.75, 3.05) is 31.6 Å². The highest BCUT2D eigenvalue weighted by Gasteiger charge is 2.31. The number of anilines is 1. The summed E-state index contributed by atoms with van der Waals surface area (Å²) in [5.74, 6) is 1.06. The molecule has 1 saturated heterocycles. The zero-order valence-corrected chi connectivity index (χ0v) is 11.0. The summed E-state index contributed by atoms with van der Waals surface area (Å²) in [4.78, 5) is 9.24. The summed E-state index contributed by atoms with van der Waals surface area (Å²) in [5, 5.41) is 0. The molecule has 1 aromatic heterocycles. The van der Waals surface area contributed by atoms with Crippen molar-refractivity contribution in [3.05, 3.63) is 23.9 Å². The van der Waals surface area contributed by atoms with E-state index in [1.165, 1.54) is 0 Å². The van der Waals surface area contributed by atoms with E-state index in [-0.39, 0.29) is 5.54 Å². The van der Waals surface area contributed by atoms with Crippen LogP contribution in [0.25, 0.3) is 0 Å². The minimum atomic E-state index is 0.201. The molecule has 0 atom stereocenters. The molecule has 2 rings (SSSR count). The fraction of sp³-hybridized carbons (Fsp3) is 0.615. The van der Waals surface area contributed by atoms with Gasteiger partial charge in [-0.25, -0.2) is 4.98 Å². The van der Waals surface area contributed by atoms with Crippen molar-refractivity contribution in [3.63, 3.8) is 0 Å². The van der Waals surface area contributed by atoms with Crippen LogP contribution >= 0.6 is 0 Å². The molecule has 0 saturated carbocycles. The van der Waals surface area contributed by atoms with Crippen molar-refractivity contribution in [2.24, 2.45) is 5.73 Å². The zero-order chi connectivity index (χ0) is 12.5. The van der Waals surface area contributed by atoms with Gasteiger partial charge in [0, 0.05) is 37.9 Å². The van der Waals surface area contributed by atoms with Gasteiger partial charge in [-0.2, -0.15) is 0 Å². The molecule has 2 N–H and O–H groups in total.